The Balaban J connectivity index is 2.89. The maximum absolute atomic E-state index is 4.15. The molecule has 0 aliphatic rings. The molecule has 14 heavy (non-hydrogen) atoms. The molecule has 0 saturated carbocycles. The summed E-state index contributed by atoms with van der Waals surface area (Å²) in [5, 5.41) is 0. The summed E-state index contributed by atoms with van der Waals surface area (Å²) in [5.41, 5.74) is 3.44. The molecule has 1 aromatic heterocycles. The van der Waals surface area contributed by atoms with E-state index in [2.05, 4.69) is 36.5 Å². The third-order valence-electron chi connectivity index (χ3n) is 1.95. The second-order valence-electron chi connectivity index (χ2n) is 3.36. The number of nitrogens with one attached hydrogen (secondary N) is 1. The molecule has 0 amide bonds. The summed E-state index contributed by atoms with van der Waals surface area (Å²) in [5.74, 6) is 0.943. The largest absolute Gasteiger partial charge is 0.343 e. The van der Waals surface area contributed by atoms with Gasteiger partial charge in [0.15, 0.2) is 0 Å². The van der Waals surface area contributed by atoms with E-state index in [1.165, 1.54) is 11.1 Å². The van der Waals surface area contributed by atoms with Crippen molar-refractivity contribution in [1.82, 2.24) is 9.97 Å². The van der Waals surface area contributed by atoms with Crippen LogP contribution in [0.2, 0.25) is 0 Å². The van der Waals surface area contributed by atoms with Gasteiger partial charge < -0.3 is 4.98 Å². The van der Waals surface area contributed by atoms with E-state index in [-0.39, 0.29) is 0 Å². The first-order chi connectivity index (χ1) is 6.63. The van der Waals surface area contributed by atoms with Crippen LogP contribution in [-0.2, 0) is 0 Å². The Labute approximate surface area is 85.1 Å². The van der Waals surface area contributed by atoms with Crippen molar-refractivity contribution in [2.75, 3.05) is 0 Å². The first kappa shape index (κ1) is 10.5. The molecule has 0 fully saturated rings. The molecule has 0 radical (unpaired) electrons. The van der Waals surface area contributed by atoms with E-state index in [0.29, 0.717) is 0 Å². The smallest absolute Gasteiger partial charge is 0.103 e. The van der Waals surface area contributed by atoms with Crippen molar-refractivity contribution in [2.45, 2.75) is 20.8 Å². The molecule has 0 aliphatic carbocycles. The highest BCUT2D eigenvalue weighted by molar-refractivity contribution is 5.63. The van der Waals surface area contributed by atoms with E-state index in [9.17, 15) is 0 Å². The van der Waals surface area contributed by atoms with Crippen LogP contribution in [0, 0.1) is 6.92 Å². The lowest BCUT2D eigenvalue weighted by atomic mass is 10.1. The number of hydrogen-bond donors (Lipinski definition) is 1. The van der Waals surface area contributed by atoms with Gasteiger partial charge in [0.25, 0.3) is 0 Å². The average Bonchev–Trinajstić information content (AvgIpc) is 2.52. The highest BCUT2D eigenvalue weighted by Crippen LogP contribution is 2.13. The minimum Gasteiger partial charge on any atom is -0.343 e. The fourth-order valence-electron chi connectivity index (χ4n) is 1.27. The van der Waals surface area contributed by atoms with Crippen molar-refractivity contribution in [3.8, 4) is 0 Å². The number of hydrogen-bond acceptors (Lipinski definition) is 1. The summed E-state index contributed by atoms with van der Waals surface area (Å²) in [6, 6.07) is 0. The SMILES string of the molecule is C=C/C=C(C)\C=C(/C)c1cnc(C)[nH]1. The van der Waals surface area contributed by atoms with Crippen molar-refractivity contribution in [3.63, 3.8) is 0 Å². The van der Waals surface area contributed by atoms with Crippen LogP contribution >= 0.6 is 0 Å². The number of nitrogens with zero attached hydrogens (tertiary/aromatic N) is 1. The second-order valence-corrected chi connectivity index (χ2v) is 3.36. The molecular formula is C12H16N2. The van der Waals surface area contributed by atoms with Gasteiger partial charge in [0.2, 0.25) is 0 Å². The highest BCUT2D eigenvalue weighted by Gasteiger charge is 1.98. The average molecular weight is 188 g/mol. The lowest BCUT2D eigenvalue weighted by molar-refractivity contribution is 1.14. The van der Waals surface area contributed by atoms with Crippen molar-refractivity contribution < 1.29 is 0 Å². The minimum absolute atomic E-state index is 0.943. The van der Waals surface area contributed by atoms with Gasteiger partial charge in [-0.1, -0.05) is 30.4 Å². The molecule has 1 rings (SSSR count). The van der Waals surface area contributed by atoms with E-state index >= 15 is 0 Å². The van der Waals surface area contributed by atoms with Crippen molar-refractivity contribution in [3.05, 3.63) is 48.1 Å². The zero-order valence-electron chi connectivity index (χ0n) is 8.96. The van der Waals surface area contributed by atoms with Crippen LogP contribution in [0.25, 0.3) is 5.57 Å². The predicted octanol–water partition coefficient (Wildman–Crippen LogP) is 3.25. The normalized spacial score (nSPS) is 13.1. The van der Waals surface area contributed by atoms with E-state index in [1.54, 1.807) is 6.08 Å². The second kappa shape index (κ2) is 4.61. The van der Waals surface area contributed by atoms with Crippen LogP contribution in [0.15, 0.2) is 36.6 Å². The van der Waals surface area contributed by atoms with Crippen LogP contribution < -0.4 is 0 Å². The molecule has 0 saturated heterocycles. The maximum Gasteiger partial charge on any atom is 0.103 e. The number of aromatic amines is 1. The Morgan fingerprint density at radius 1 is 1.50 bits per heavy atom. The number of aryl methyl sites for hydroxylation is 1. The minimum atomic E-state index is 0.943. The molecule has 1 aromatic rings. The summed E-state index contributed by atoms with van der Waals surface area (Å²) < 4.78 is 0. The van der Waals surface area contributed by atoms with Gasteiger partial charge in [-0.05, 0) is 26.3 Å². The number of imidazole rings is 1. The molecule has 1 N–H and O–H groups in total. The molecule has 1 heterocycles. The van der Waals surface area contributed by atoms with Crippen LogP contribution in [0.1, 0.15) is 25.4 Å². The zero-order chi connectivity index (χ0) is 10.6. The first-order valence-corrected chi connectivity index (χ1v) is 4.63. The molecule has 2 heteroatoms. The molecule has 0 aliphatic heterocycles. The topological polar surface area (TPSA) is 28.7 Å². The fraction of sp³-hybridized carbons (Fsp3) is 0.250. The molecule has 74 valence electrons. The van der Waals surface area contributed by atoms with Crippen LogP contribution in [0.4, 0.5) is 0 Å². The fourth-order valence-corrected chi connectivity index (χ4v) is 1.27. The quantitative estimate of drug-likeness (QED) is 0.725. The van der Waals surface area contributed by atoms with Crippen LogP contribution in [0.3, 0.4) is 0 Å². The van der Waals surface area contributed by atoms with Gasteiger partial charge >= 0.3 is 0 Å². The summed E-state index contributed by atoms with van der Waals surface area (Å²) >= 11 is 0. The van der Waals surface area contributed by atoms with E-state index < -0.39 is 0 Å². The lowest BCUT2D eigenvalue weighted by Crippen LogP contribution is -1.80. The van der Waals surface area contributed by atoms with Crippen molar-refractivity contribution in [1.29, 1.82) is 0 Å². The van der Waals surface area contributed by atoms with Gasteiger partial charge in [0.1, 0.15) is 5.82 Å². The number of aromatic nitrogens is 2. The van der Waals surface area contributed by atoms with Gasteiger partial charge in [0.05, 0.1) is 11.9 Å². The van der Waals surface area contributed by atoms with Crippen LogP contribution in [-0.4, -0.2) is 9.97 Å². The first-order valence-electron chi connectivity index (χ1n) is 4.63. The van der Waals surface area contributed by atoms with Gasteiger partial charge in [-0.15, -0.1) is 0 Å². The van der Waals surface area contributed by atoms with E-state index in [0.717, 1.165) is 11.5 Å². The molecule has 2 nitrogen and oxygen atoms in total. The van der Waals surface area contributed by atoms with Gasteiger partial charge in [-0.2, -0.15) is 0 Å². The molecule has 0 aromatic carbocycles. The zero-order valence-corrected chi connectivity index (χ0v) is 8.96. The van der Waals surface area contributed by atoms with Gasteiger partial charge in [-0.3, -0.25) is 0 Å². The predicted molar refractivity (Wildman–Crippen MR) is 60.9 cm³/mol. The molecule has 0 atom stereocenters. The lowest BCUT2D eigenvalue weighted by Gasteiger charge is -1.96. The Bertz CT molecular complexity index is 381. The summed E-state index contributed by atoms with van der Waals surface area (Å²) in [6.07, 6.45) is 7.72. The van der Waals surface area contributed by atoms with E-state index in [4.69, 9.17) is 0 Å². The monoisotopic (exact) mass is 188 g/mol. The molecule has 0 spiro atoms. The highest BCUT2D eigenvalue weighted by atomic mass is 14.9. The Morgan fingerprint density at radius 3 is 2.71 bits per heavy atom. The van der Waals surface area contributed by atoms with Gasteiger partial charge in [0, 0.05) is 0 Å². The molecule has 0 bridgehead atoms. The van der Waals surface area contributed by atoms with Gasteiger partial charge in [-0.25, -0.2) is 4.98 Å². The molecular weight excluding hydrogens is 172 g/mol. The standard InChI is InChI=1S/C12H16N2/c1-5-6-9(2)7-10(3)12-8-13-11(4)14-12/h5-8H,1H2,2-4H3,(H,13,14)/b9-6-,10-7+. The number of allylic oxidation sites excluding steroid dienone is 5. The number of H-pyrrole nitrogens is 1. The van der Waals surface area contributed by atoms with E-state index in [1.807, 2.05) is 19.2 Å². The third-order valence-corrected chi connectivity index (χ3v) is 1.95. The maximum atomic E-state index is 4.15. The Morgan fingerprint density at radius 2 is 2.21 bits per heavy atom. The summed E-state index contributed by atoms with van der Waals surface area (Å²) in [7, 11) is 0. The third kappa shape index (κ3) is 2.73. The summed E-state index contributed by atoms with van der Waals surface area (Å²) in [6.45, 7) is 9.72. The number of rotatable bonds is 3. The molecule has 0 unspecified atom stereocenters. The Kier molecular flexibility index (Phi) is 3.46. The Hall–Kier alpha value is -1.57. The van der Waals surface area contributed by atoms with Crippen LogP contribution in [0.5, 0.6) is 0 Å². The van der Waals surface area contributed by atoms with Crippen molar-refractivity contribution in [2.24, 2.45) is 0 Å². The van der Waals surface area contributed by atoms with Crippen molar-refractivity contribution >= 4 is 5.57 Å². The summed E-state index contributed by atoms with van der Waals surface area (Å²) in [4.78, 5) is 7.35.